The van der Waals surface area contributed by atoms with Crippen LogP contribution in [-0.4, -0.2) is 30.3 Å². The van der Waals surface area contributed by atoms with Gasteiger partial charge >= 0.3 is 0 Å². The molecule has 3 rings (SSSR count). The SMILES string of the molecule is N#Cc1ccc2c(c1)N(C1CCC(O)CC1)CCN2. The van der Waals surface area contributed by atoms with E-state index in [2.05, 4.69) is 16.3 Å². The van der Waals surface area contributed by atoms with E-state index in [1.165, 1.54) is 0 Å². The van der Waals surface area contributed by atoms with Crippen LogP contribution in [0, 0.1) is 11.3 Å². The second-order valence-corrected chi connectivity index (χ2v) is 5.43. The van der Waals surface area contributed by atoms with Gasteiger partial charge in [0.1, 0.15) is 0 Å². The Morgan fingerprint density at radius 1 is 1.26 bits per heavy atom. The fourth-order valence-electron chi connectivity index (χ4n) is 3.17. The average Bonchev–Trinajstić information content (AvgIpc) is 2.47. The van der Waals surface area contributed by atoms with Crippen LogP contribution >= 0.6 is 0 Å². The van der Waals surface area contributed by atoms with Crippen molar-refractivity contribution in [3.63, 3.8) is 0 Å². The maximum absolute atomic E-state index is 9.63. The maximum atomic E-state index is 9.63. The molecule has 1 aromatic rings. The van der Waals surface area contributed by atoms with Crippen molar-refractivity contribution in [2.75, 3.05) is 23.3 Å². The molecule has 0 spiro atoms. The van der Waals surface area contributed by atoms with Crippen LogP contribution in [0.2, 0.25) is 0 Å². The molecule has 0 aromatic heterocycles. The first-order valence-electron chi connectivity index (χ1n) is 7.00. The molecule has 4 heteroatoms. The lowest BCUT2D eigenvalue weighted by Crippen LogP contribution is -2.44. The van der Waals surface area contributed by atoms with E-state index in [0.29, 0.717) is 11.6 Å². The van der Waals surface area contributed by atoms with Gasteiger partial charge in [0.25, 0.3) is 0 Å². The zero-order valence-corrected chi connectivity index (χ0v) is 11.0. The summed E-state index contributed by atoms with van der Waals surface area (Å²) in [6, 6.07) is 8.55. The lowest BCUT2D eigenvalue weighted by Gasteiger charge is -2.41. The third-order valence-electron chi connectivity index (χ3n) is 4.21. The van der Waals surface area contributed by atoms with E-state index >= 15 is 0 Å². The Hall–Kier alpha value is -1.73. The van der Waals surface area contributed by atoms with Gasteiger partial charge in [-0.1, -0.05) is 0 Å². The molecule has 1 aliphatic carbocycles. The Morgan fingerprint density at radius 2 is 2.05 bits per heavy atom. The van der Waals surface area contributed by atoms with Gasteiger partial charge in [-0.05, 0) is 43.9 Å². The van der Waals surface area contributed by atoms with E-state index in [0.717, 1.165) is 50.1 Å². The molecule has 1 aromatic carbocycles. The Labute approximate surface area is 113 Å². The highest BCUT2D eigenvalue weighted by Gasteiger charge is 2.28. The van der Waals surface area contributed by atoms with Crippen molar-refractivity contribution < 1.29 is 5.11 Å². The Balaban J connectivity index is 1.87. The Morgan fingerprint density at radius 3 is 2.79 bits per heavy atom. The number of nitrogens with zero attached hydrogens (tertiary/aromatic N) is 2. The highest BCUT2D eigenvalue weighted by molar-refractivity contribution is 5.74. The zero-order chi connectivity index (χ0) is 13.2. The number of fused-ring (bicyclic) bond motifs is 1. The van der Waals surface area contributed by atoms with Crippen LogP contribution < -0.4 is 10.2 Å². The van der Waals surface area contributed by atoms with Gasteiger partial charge in [-0.2, -0.15) is 5.26 Å². The smallest absolute Gasteiger partial charge is 0.0992 e. The van der Waals surface area contributed by atoms with Crippen molar-refractivity contribution in [1.82, 2.24) is 0 Å². The van der Waals surface area contributed by atoms with Crippen molar-refractivity contribution in [3.05, 3.63) is 23.8 Å². The van der Waals surface area contributed by atoms with Gasteiger partial charge in [-0.3, -0.25) is 0 Å². The summed E-state index contributed by atoms with van der Waals surface area (Å²) in [5.41, 5.74) is 2.98. The van der Waals surface area contributed by atoms with Crippen LogP contribution in [0.5, 0.6) is 0 Å². The third-order valence-corrected chi connectivity index (χ3v) is 4.21. The van der Waals surface area contributed by atoms with Gasteiger partial charge in [0.2, 0.25) is 0 Å². The number of anilines is 2. The summed E-state index contributed by atoms with van der Waals surface area (Å²) in [6.45, 7) is 1.92. The number of hydrogen-bond donors (Lipinski definition) is 2. The minimum Gasteiger partial charge on any atom is -0.393 e. The van der Waals surface area contributed by atoms with E-state index < -0.39 is 0 Å². The molecule has 0 amide bonds. The first-order chi connectivity index (χ1) is 9.28. The summed E-state index contributed by atoms with van der Waals surface area (Å²) in [5.74, 6) is 0. The minimum absolute atomic E-state index is 0.121. The molecule has 1 saturated carbocycles. The maximum Gasteiger partial charge on any atom is 0.0992 e. The van der Waals surface area contributed by atoms with Gasteiger partial charge in [0.15, 0.2) is 0 Å². The molecule has 100 valence electrons. The van der Waals surface area contributed by atoms with Gasteiger partial charge in [-0.15, -0.1) is 0 Å². The van der Waals surface area contributed by atoms with E-state index in [1.54, 1.807) is 0 Å². The van der Waals surface area contributed by atoms with E-state index in [9.17, 15) is 5.11 Å². The predicted octanol–water partition coefficient (Wildman–Crippen LogP) is 2.09. The molecule has 0 atom stereocenters. The number of hydrogen-bond acceptors (Lipinski definition) is 4. The van der Waals surface area contributed by atoms with Gasteiger partial charge in [-0.25, -0.2) is 0 Å². The molecule has 2 aliphatic rings. The number of nitriles is 1. The molecule has 1 aliphatic heterocycles. The fraction of sp³-hybridized carbons (Fsp3) is 0.533. The van der Waals surface area contributed by atoms with Crippen LogP contribution in [-0.2, 0) is 0 Å². The van der Waals surface area contributed by atoms with Crippen molar-refractivity contribution in [1.29, 1.82) is 5.26 Å². The first-order valence-corrected chi connectivity index (χ1v) is 7.00. The number of aliphatic hydroxyl groups is 1. The highest BCUT2D eigenvalue weighted by Crippen LogP contribution is 2.35. The highest BCUT2D eigenvalue weighted by atomic mass is 16.3. The lowest BCUT2D eigenvalue weighted by atomic mass is 9.91. The first kappa shape index (κ1) is 12.3. The summed E-state index contributed by atoms with van der Waals surface area (Å²) in [6.07, 6.45) is 3.74. The second kappa shape index (κ2) is 5.10. The van der Waals surface area contributed by atoms with Crippen LogP contribution in [0.3, 0.4) is 0 Å². The summed E-state index contributed by atoms with van der Waals surface area (Å²) in [7, 11) is 0. The zero-order valence-electron chi connectivity index (χ0n) is 11.0. The summed E-state index contributed by atoms with van der Waals surface area (Å²) < 4.78 is 0. The third kappa shape index (κ3) is 2.39. The molecule has 4 nitrogen and oxygen atoms in total. The van der Waals surface area contributed by atoms with Gasteiger partial charge in [0.05, 0.1) is 29.1 Å². The van der Waals surface area contributed by atoms with Crippen LogP contribution in [0.1, 0.15) is 31.2 Å². The molecule has 0 saturated heterocycles. The average molecular weight is 257 g/mol. The molecule has 0 radical (unpaired) electrons. The molecular formula is C15H19N3O. The fourth-order valence-corrected chi connectivity index (χ4v) is 3.17. The molecule has 2 N–H and O–H groups in total. The summed E-state index contributed by atoms with van der Waals surface area (Å²) >= 11 is 0. The predicted molar refractivity (Wildman–Crippen MR) is 75.3 cm³/mol. The number of nitrogens with one attached hydrogen (secondary N) is 1. The summed E-state index contributed by atoms with van der Waals surface area (Å²) in [4.78, 5) is 2.42. The van der Waals surface area contributed by atoms with Crippen LogP contribution in [0.25, 0.3) is 0 Å². The summed E-state index contributed by atoms with van der Waals surface area (Å²) in [5, 5.41) is 22.1. The van der Waals surface area contributed by atoms with E-state index in [4.69, 9.17) is 5.26 Å². The largest absolute Gasteiger partial charge is 0.393 e. The Kier molecular flexibility index (Phi) is 3.31. The Bertz CT molecular complexity index is 501. The van der Waals surface area contributed by atoms with Crippen LogP contribution in [0.4, 0.5) is 11.4 Å². The molecule has 0 unspecified atom stereocenters. The number of aliphatic hydroxyl groups excluding tert-OH is 1. The molecule has 0 bridgehead atoms. The van der Waals surface area contributed by atoms with Gasteiger partial charge < -0.3 is 15.3 Å². The lowest BCUT2D eigenvalue weighted by molar-refractivity contribution is 0.121. The van der Waals surface area contributed by atoms with Crippen LogP contribution in [0.15, 0.2) is 18.2 Å². The molecule has 1 fully saturated rings. The van der Waals surface area contributed by atoms with E-state index in [1.807, 2.05) is 18.2 Å². The quantitative estimate of drug-likeness (QED) is 0.809. The standard InChI is InChI=1S/C15H19N3O/c16-10-11-1-6-14-15(9-11)18(8-7-17-14)12-2-4-13(19)5-3-12/h1,6,9,12-13,17,19H,2-5,7-8H2. The van der Waals surface area contributed by atoms with E-state index in [-0.39, 0.29) is 6.10 Å². The molecule has 19 heavy (non-hydrogen) atoms. The van der Waals surface area contributed by atoms with Gasteiger partial charge in [0, 0.05) is 19.1 Å². The normalized spacial score (nSPS) is 26.2. The minimum atomic E-state index is -0.121. The van der Waals surface area contributed by atoms with Crippen molar-refractivity contribution in [2.45, 2.75) is 37.8 Å². The van der Waals surface area contributed by atoms with Crippen molar-refractivity contribution in [3.8, 4) is 6.07 Å². The molecular weight excluding hydrogens is 238 g/mol. The molecule has 1 heterocycles. The number of rotatable bonds is 1. The van der Waals surface area contributed by atoms with Crippen molar-refractivity contribution in [2.24, 2.45) is 0 Å². The second-order valence-electron chi connectivity index (χ2n) is 5.43. The van der Waals surface area contributed by atoms with Crippen molar-refractivity contribution >= 4 is 11.4 Å². The topological polar surface area (TPSA) is 59.3 Å². The number of benzene rings is 1. The monoisotopic (exact) mass is 257 g/mol.